The van der Waals surface area contributed by atoms with Crippen LogP contribution in [0.5, 0.6) is 0 Å². The highest BCUT2D eigenvalue weighted by Gasteiger charge is 2.36. The molecule has 0 spiro atoms. The van der Waals surface area contributed by atoms with Gasteiger partial charge in [0.25, 0.3) is 0 Å². The number of benzene rings is 1. The highest BCUT2D eigenvalue weighted by Crippen LogP contribution is 2.62. The third-order valence-electron chi connectivity index (χ3n) is 2.74. The predicted octanol–water partition coefficient (Wildman–Crippen LogP) is 3.97. The summed E-state index contributed by atoms with van der Waals surface area (Å²) >= 11 is 0. The van der Waals surface area contributed by atoms with Gasteiger partial charge in [-0.2, -0.15) is 0 Å². The van der Waals surface area contributed by atoms with Gasteiger partial charge in [-0.05, 0) is 25.8 Å². The summed E-state index contributed by atoms with van der Waals surface area (Å²) in [5.74, 6) is 0. The predicted molar refractivity (Wildman–Crippen MR) is 75.3 cm³/mol. The molecule has 0 saturated heterocycles. The van der Waals surface area contributed by atoms with Gasteiger partial charge in [0.05, 0.1) is 18.9 Å². The third kappa shape index (κ3) is 4.57. The van der Waals surface area contributed by atoms with Crippen molar-refractivity contribution in [1.29, 1.82) is 0 Å². The molecule has 1 rings (SSSR count). The molecule has 0 aromatic heterocycles. The Balaban J connectivity index is 3.06. The zero-order valence-electron chi connectivity index (χ0n) is 11.5. The van der Waals surface area contributed by atoms with Crippen LogP contribution in [0.2, 0.25) is 0 Å². The monoisotopic (exact) mass is 284 g/mol. The molecule has 0 heterocycles. The van der Waals surface area contributed by atoms with Gasteiger partial charge >= 0.3 is 7.60 Å². The lowest BCUT2D eigenvalue weighted by atomic mass is 10.1. The highest BCUT2D eigenvalue weighted by molar-refractivity contribution is 7.54. The number of hydrogen-bond donors (Lipinski definition) is 0. The van der Waals surface area contributed by atoms with E-state index < -0.39 is 13.3 Å². The van der Waals surface area contributed by atoms with Crippen LogP contribution >= 0.6 is 7.60 Å². The molecular weight excluding hydrogens is 263 g/mol. The van der Waals surface area contributed by atoms with Gasteiger partial charge in [0.15, 0.2) is 0 Å². The summed E-state index contributed by atoms with van der Waals surface area (Å²) in [4.78, 5) is 10.6. The number of carbonyl (C=O) groups excluding carboxylic acids is 1. The topological polar surface area (TPSA) is 52.6 Å². The largest absolute Gasteiger partial charge is 0.338 e. The molecule has 4 nitrogen and oxygen atoms in total. The number of carbonyl (C=O) groups is 1. The van der Waals surface area contributed by atoms with Crippen molar-refractivity contribution >= 4 is 13.9 Å². The second kappa shape index (κ2) is 8.26. The molecule has 1 aromatic rings. The average molecular weight is 284 g/mol. The van der Waals surface area contributed by atoms with Crippen LogP contribution in [0.3, 0.4) is 0 Å². The maximum absolute atomic E-state index is 12.9. The van der Waals surface area contributed by atoms with E-state index >= 15 is 0 Å². The molecule has 0 bridgehead atoms. The van der Waals surface area contributed by atoms with Crippen LogP contribution in [0, 0.1) is 0 Å². The number of hydrogen-bond acceptors (Lipinski definition) is 4. The first-order chi connectivity index (χ1) is 9.18. The molecule has 0 aliphatic carbocycles. The van der Waals surface area contributed by atoms with Gasteiger partial charge in [0, 0.05) is 6.42 Å². The molecule has 0 fully saturated rings. The van der Waals surface area contributed by atoms with E-state index in [1.54, 1.807) is 13.8 Å². The fourth-order valence-electron chi connectivity index (χ4n) is 1.99. The fourth-order valence-corrected chi connectivity index (χ4v) is 4.14. The molecule has 0 radical (unpaired) electrons. The summed E-state index contributed by atoms with van der Waals surface area (Å²) in [5.41, 5.74) is 0.494. The van der Waals surface area contributed by atoms with Crippen molar-refractivity contribution in [3.8, 4) is 0 Å². The average Bonchev–Trinajstić information content (AvgIpc) is 2.41. The minimum absolute atomic E-state index is 0.321. The van der Waals surface area contributed by atoms with Gasteiger partial charge in [-0.15, -0.1) is 0 Å². The maximum atomic E-state index is 12.9. The van der Waals surface area contributed by atoms with Crippen molar-refractivity contribution in [2.75, 3.05) is 13.2 Å². The SMILES string of the molecule is CCOP(=O)(OCC)C(CCC=O)c1ccccc1. The Kier molecular flexibility index (Phi) is 7.00. The van der Waals surface area contributed by atoms with Crippen LogP contribution in [-0.4, -0.2) is 19.5 Å². The van der Waals surface area contributed by atoms with Gasteiger partial charge in [0.2, 0.25) is 0 Å². The van der Waals surface area contributed by atoms with E-state index in [0.29, 0.717) is 26.1 Å². The molecule has 0 aliphatic rings. The van der Waals surface area contributed by atoms with Crippen LogP contribution in [0.15, 0.2) is 30.3 Å². The van der Waals surface area contributed by atoms with E-state index in [1.807, 2.05) is 30.3 Å². The summed E-state index contributed by atoms with van der Waals surface area (Å²) in [6.45, 7) is 4.21. The molecule has 0 aliphatic heterocycles. The van der Waals surface area contributed by atoms with Crippen LogP contribution in [-0.2, 0) is 18.4 Å². The van der Waals surface area contributed by atoms with Crippen LogP contribution in [0.4, 0.5) is 0 Å². The second-order valence-corrected chi connectivity index (χ2v) is 6.27. The van der Waals surface area contributed by atoms with Gasteiger partial charge < -0.3 is 13.8 Å². The van der Waals surface area contributed by atoms with Crippen molar-refractivity contribution in [2.24, 2.45) is 0 Å². The third-order valence-corrected chi connectivity index (χ3v) is 5.30. The molecule has 106 valence electrons. The van der Waals surface area contributed by atoms with Crippen molar-refractivity contribution in [2.45, 2.75) is 32.3 Å². The zero-order valence-corrected chi connectivity index (χ0v) is 12.3. The maximum Gasteiger partial charge on any atom is 0.338 e. The number of aldehydes is 1. The minimum Gasteiger partial charge on any atom is -0.308 e. The van der Waals surface area contributed by atoms with E-state index in [9.17, 15) is 9.36 Å². The zero-order chi connectivity index (χ0) is 14.1. The standard InChI is InChI=1S/C14H21O4P/c1-3-17-19(16,18-4-2)14(11-8-12-15)13-9-6-5-7-10-13/h5-7,9-10,12,14H,3-4,8,11H2,1-2H3. The van der Waals surface area contributed by atoms with E-state index in [2.05, 4.69) is 0 Å². The van der Waals surface area contributed by atoms with Gasteiger partial charge in [-0.25, -0.2) is 0 Å². The summed E-state index contributed by atoms with van der Waals surface area (Å²) in [7, 11) is -3.24. The van der Waals surface area contributed by atoms with Crippen LogP contribution < -0.4 is 0 Å². The van der Waals surface area contributed by atoms with E-state index in [4.69, 9.17) is 9.05 Å². The first-order valence-electron chi connectivity index (χ1n) is 6.55. The molecule has 1 unspecified atom stereocenters. The first kappa shape index (κ1) is 16.1. The van der Waals surface area contributed by atoms with Gasteiger partial charge in [-0.3, -0.25) is 4.57 Å². The minimum atomic E-state index is -3.24. The Morgan fingerprint density at radius 3 is 2.21 bits per heavy atom. The lowest BCUT2D eigenvalue weighted by Gasteiger charge is -2.26. The van der Waals surface area contributed by atoms with Crippen molar-refractivity contribution in [3.63, 3.8) is 0 Å². The van der Waals surface area contributed by atoms with Gasteiger partial charge in [-0.1, -0.05) is 30.3 Å². The lowest BCUT2D eigenvalue weighted by Crippen LogP contribution is -2.07. The Morgan fingerprint density at radius 1 is 1.16 bits per heavy atom. The Morgan fingerprint density at radius 2 is 1.74 bits per heavy atom. The van der Waals surface area contributed by atoms with E-state index in [-0.39, 0.29) is 0 Å². The molecule has 1 atom stereocenters. The quantitative estimate of drug-likeness (QED) is 0.508. The summed E-state index contributed by atoms with van der Waals surface area (Å²) in [5, 5.41) is 0. The van der Waals surface area contributed by atoms with Crippen molar-refractivity contribution < 1.29 is 18.4 Å². The first-order valence-corrected chi connectivity index (χ1v) is 8.16. The highest BCUT2D eigenvalue weighted by atomic mass is 31.2. The summed E-state index contributed by atoms with van der Waals surface area (Å²) < 4.78 is 23.7. The molecule has 5 heteroatoms. The summed E-state index contributed by atoms with van der Waals surface area (Å²) in [6.07, 6.45) is 1.63. The van der Waals surface area contributed by atoms with Crippen molar-refractivity contribution in [1.82, 2.24) is 0 Å². The van der Waals surface area contributed by atoms with Gasteiger partial charge in [0.1, 0.15) is 6.29 Å². The smallest absolute Gasteiger partial charge is 0.308 e. The number of rotatable bonds is 9. The second-order valence-electron chi connectivity index (χ2n) is 4.05. The van der Waals surface area contributed by atoms with Crippen LogP contribution in [0.25, 0.3) is 0 Å². The van der Waals surface area contributed by atoms with E-state index in [0.717, 1.165) is 11.8 Å². The van der Waals surface area contributed by atoms with E-state index in [1.165, 1.54) is 0 Å². The Bertz CT molecular complexity index is 409. The fraction of sp³-hybridized carbons (Fsp3) is 0.500. The summed E-state index contributed by atoms with van der Waals surface area (Å²) in [6, 6.07) is 9.43. The molecule has 0 saturated carbocycles. The lowest BCUT2D eigenvalue weighted by molar-refractivity contribution is -0.107. The normalized spacial score (nSPS) is 13.2. The van der Waals surface area contributed by atoms with Crippen molar-refractivity contribution in [3.05, 3.63) is 35.9 Å². The Labute approximate surface area is 114 Å². The van der Waals surface area contributed by atoms with Crippen LogP contribution in [0.1, 0.15) is 37.9 Å². The molecular formula is C14H21O4P. The molecule has 0 amide bonds. The molecule has 19 heavy (non-hydrogen) atoms. The molecule has 1 aromatic carbocycles. The Hall–Kier alpha value is -0.960. The molecule has 0 N–H and O–H groups in total.